The third-order valence-electron chi connectivity index (χ3n) is 3.92. The van der Waals surface area contributed by atoms with Gasteiger partial charge in [-0.25, -0.2) is 0 Å². The molecule has 0 saturated heterocycles. The number of aryl methyl sites for hydroxylation is 3. The SMILES string of the molecule is CC(=O)C(C)=O.Cc1[c-]c(-c2nccc3c(C)cccc23)cc(C)c1.[Os+]. The number of carbonyl (C=O) groups excluding carboxylic acids is 2. The second-order valence-electron chi connectivity index (χ2n) is 6.20. The van der Waals surface area contributed by atoms with Gasteiger partial charge in [-0.15, -0.1) is 34.9 Å². The van der Waals surface area contributed by atoms with E-state index in [9.17, 15) is 9.59 Å². The first-order valence-corrected chi connectivity index (χ1v) is 8.16. The van der Waals surface area contributed by atoms with Crippen molar-refractivity contribution in [3.05, 3.63) is 65.4 Å². The van der Waals surface area contributed by atoms with E-state index in [0.717, 1.165) is 16.8 Å². The number of ketones is 2. The molecule has 0 bridgehead atoms. The molecule has 0 saturated carbocycles. The van der Waals surface area contributed by atoms with Crippen LogP contribution in [0.3, 0.4) is 0 Å². The molecule has 0 amide bonds. The maximum Gasteiger partial charge on any atom is 1.00 e. The van der Waals surface area contributed by atoms with Gasteiger partial charge in [0.05, 0.1) is 0 Å². The van der Waals surface area contributed by atoms with Crippen LogP contribution in [-0.2, 0) is 29.4 Å². The summed E-state index contributed by atoms with van der Waals surface area (Å²) >= 11 is 0. The molecule has 0 unspecified atom stereocenters. The third kappa shape index (κ3) is 5.41. The summed E-state index contributed by atoms with van der Waals surface area (Å²) in [6.45, 7) is 8.83. The standard InChI is InChI=1S/C18H16N.C4H6O2.Os/c1-12-9-13(2)11-15(10-12)18-17-6-4-5-14(3)16(17)7-8-19-18;1-3(5)4(2)6;/h4-10H,1-3H3;1-2H3;/q-1;;+1. The molecular weight excluding hydrogens is 500 g/mol. The normalized spacial score (nSPS) is 9.73. The van der Waals surface area contributed by atoms with Crippen molar-refractivity contribution in [3.63, 3.8) is 0 Å². The first-order valence-electron chi connectivity index (χ1n) is 8.16. The van der Waals surface area contributed by atoms with Crippen LogP contribution in [0.4, 0.5) is 0 Å². The van der Waals surface area contributed by atoms with Gasteiger partial charge in [-0.3, -0.25) is 9.59 Å². The molecule has 0 N–H and O–H groups in total. The van der Waals surface area contributed by atoms with Gasteiger partial charge in [0.1, 0.15) is 0 Å². The molecule has 0 aliphatic rings. The molecular formula is C22H22NO2Os. The fourth-order valence-corrected chi connectivity index (χ4v) is 2.60. The number of carbonyl (C=O) groups is 2. The molecule has 0 aliphatic carbocycles. The second kappa shape index (κ2) is 9.50. The van der Waals surface area contributed by atoms with Gasteiger partial charge >= 0.3 is 19.8 Å². The fraction of sp³-hybridized carbons (Fsp3) is 0.227. The van der Waals surface area contributed by atoms with Crippen molar-refractivity contribution in [3.8, 4) is 11.3 Å². The zero-order chi connectivity index (χ0) is 18.6. The zero-order valence-electron chi connectivity index (χ0n) is 15.7. The predicted molar refractivity (Wildman–Crippen MR) is 102 cm³/mol. The maximum atomic E-state index is 9.79. The average molecular weight is 523 g/mol. The van der Waals surface area contributed by atoms with E-state index in [1.807, 2.05) is 6.20 Å². The molecule has 3 aromatic rings. The van der Waals surface area contributed by atoms with Crippen molar-refractivity contribution in [2.75, 3.05) is 0 Å². The molecule has 2 aromatic carbocycles. The van der Waals surface area contributed by atoms with Crippen molar-refractivity contribution >= 4 is 22.3 Å². The van der Waals surface area contributed by atoms with Gasteiger partial charge in [0, 0.05) is 20.0 Å². The largest absolute Gasteiger partial charge is 1.00 e. The zero-order valence-corrected chi connectivity index (χ0v) is 18.2. The summed E-state index contributed by atoms with van der Waals surface area (Å²) in [6, 6.07) is 16.1. The number of fused-ring (bicyclic) bond motifs is 1. The predicted octanol–water partition coefficient (Wildman–Crippen LogP) is 4.79. The van der Waals surface area contributed by atoms with Gasteiger partial charge in [0.15, 0.2) is 11.6 Å². The van der Waals surface area contributed by atoms with E-state index in [1.165, 1.54) is 35.7 Å². The molecule has 1 heterocycles. The quantitative estimate of drug-likeness (QED) is 0.359. The third-order valence-corrected chi connectivity index (χ3v) is 3.92. The Morgan fingerprint density at radius 2 is 1.58 bits per heavy atom. The molecule has 4 heteroatoms. The number of pyridine rings is 1. The Kier molecular flexibility index (Phi) is 7.99. The minimum absolute atomic E-state index is 0. The van der Waals surface area contributed by atoms with E-state index in [4.69, 9.17) is 0 Å². The molecule has 135 valence electrons. The number of nitrogens with zero attached hydrogens (tertiary/aromatic N) is 1. The van der Waals surface area contributed by atoms with Crippen LogP contribution < -0.4 is 0 Å². The van der Waals surface area contributed by atoms with Crippen LogP contribution in [0.25, 0.3) is 22.0 Å². The van der Waals surface area contributed by atoms with E-state index in [0.29, 0.717) is 0 Å². The van der Waals surface area contributed by atoms with Crippen molar-refractivity contribution in [1.29, 1.82) is 0 Å². The van der Waals surface area contributed by atoms with Crippen LogP contribution in [0.5, 0.6) is 0 Å². The molecule has 3 nitrogen and oxygen atoms in total. The van der Waals surface area contributed by atoms with Crippen molar-refractivity contribution in [1.82, 2.24) is 4.98 Å². The van der Waals surface area contributed by atoms with E-state index in [1.54, 1.807) is 0 Å². The van der Waals surface area contributed by atoms with Crippen LogP contribution in [0.15, 0.2) is 42.6 Å². The molecule has 26 heavy (non-hydrogen) atoms. The van der Waals surface area contributed by atoms with E-state index in [2.05, 4.69) is 68.2 Å². The summed E-state index contributed by atoms with van der Waals surface area (Å²) in [7, 11) is 0. The number of benzene rings is 2. The number of hydrogen-bond donors (Lipinski definition) is 0. The summed E-state index contributed by atoms with van der Waals surface area (Å²) in [5.41, 5.74) is 5.78. The maximum absolute atomic E-state index is 9.79. The summed E-state index contributed by atoms with van der Waals surface area (Å²) in [6.07, 6.45) is 1.89. The summed E-state index contributed by atoms with van der Waals surface area (Å²) < 4.78 is 0. The Hall–Kier alpha value is -2.17. The Labute approximate surface area is 167 Å². The van der Waals surface area contributed by atoms with Gasteiger partial charge < -0.3 is 4.98 Å². The second-order valence-corrected chi connectivity index (χ2v) is 6.20. The van der Waals surface area contributed by atoms with Gasteiger partial charge in [0.25, 0.3) is 0 Å². The van der Waals surface area contributed by atoms with Crippen LogP contribution in [0.2, 0.25) is 0 Å². The number of hydrogen-bond acceptors (Lipinski definition) is 3. The van der Waals surface area contributed by atoms with Gasteiger partial charge in [-0.1, -0.05) is 32.0 Å². The van der Waals surface area contributed by atoms with Crippen molar-refractivity contribution in [2.45, 2.75) is 34.6 Å². The molecule has 0 fully saturated rings. The molecule has 0 atom stereocenters. The molecule has 1 radical (unpaired) electrons. The Balaban J connectivity index is 0.000000422. The minimum atomic E-state index is -0.380. The smallest absolute Gasteiger partial charge is 0.304 e. The van der Waals surface area contributed by atoms with Crippen LogP contribution in [-0.4, -0.2) is 16.6 Å². The van der Waals surface area contributed by atoms with Gasteiger partial charge in [-0.2, -0.15) is 0 Å². The summed E-state index contributed by atoms with van der Waals surface area (Å²) in [4.78, 5) is 24.2. The topological polar surface area (TPSA) is 47.0 Å². The molecule has 0 aliphatic heterocycles. The molecule has 0 spiro atoms. The first kappa shape index (κ1) is 21.9. The summed E-state index contributed by atoms with van der Waals surface area (Å²) in [5, 5.41) is 2.46. The van der Waals surface area contributed by atoms with Crippen molar-refractivity contribution in [2.24, 2.45) is 0 Å². The Bertz CT molecular complexity index is 916. The van der Waals surface area contributed by atoms with Crippen molar-refractivity contribution < 1.29 is 29.4 Å². The Morgan fingerprint density at radius 3 is 2.15 bits per heavy atom. The molecule has 1 aromatic heterocycles. The molecule has 3 rings (SSSR count). The Morgan fingerprint density at radius 1 is 0.923 bits per heavy atom. The average Bonchev–Trinajstić information content (AvgIpc) is 2.54. The van der Waals surface area contributed by atoms with E-state index in [-0.39, 0.29) is 31.4 Å². The summed E-state index contributed by atoms with van der Waals surface area (Å²) in [5.74, 6) is -0.759. The minimum Gasteiger partial charge on any atom is -0.304 e. The van der Waals surface area contributed by atoms with Crippen LogP contribution >= 0.6 is 0 Å². The number of aromatic nitrogens is 1. The number of Topliss-reactive ketones (excluding diaryl/α,β-unsaturated/α-hetero) is 2. The number of rotatable bonds is 2. The monoisotopic (exact) mass is 524 g/mol. The van der Waals surface area contributed by atoms with Crippen LogP contribution in [0, 0.1) is 26.8 Å². The van der Waals surface area contributed by atoms with E-state index < -0.39 is 0 Å². The van der Waals surface area contributed by atoms with Crippen LogP contribution in [0.1, 0.15) is 30.5 Å². The van der Waals surface area contributed by atoms with Gasteiger partial charge in [-0.05, 0) is 35.0 Å². The first-order chi connectivity index (χ1) is 11.8. The van der Waals surface area contributed by atoms with E-state index >= 15 is 0 Å². The van der Waals surface area contributed by atoms with Gasteiger partial charge in [0.2, 0.25) is 0 Å². The fourth-order valence-electron chi connectivity index (χ4n) is 2.60.